The molecule has 0 saturated heterocycles. The number of aryl methyl sites for hydroxylation is 3. The van der Waals surface area contributed by atoms with Gasteiger partial charge >= 0.3 is 5.97 Å². The number of furan rings is 2. The van der Waals surface area contributed by atoms with Crippen LogP contribution in [0.1, 0.15) is 144 Å². The number of aromatic carboxylic acids is 1. The minimum absolute atomic E-state index is 0.000278. The number of Topliss-reactive ketones (excluding diaryl/α,β-unsaturated/α-hetero) is 5. The Morgan fingerprint density at radius 2 is 0.931 bits per heavy atom. The molecule has 3 heterocycles. The lowest BCUT2D eigenvalue weighted by Crippen LogP contribution is -2.17. The van der Waals surface area contributed by atoms with Gasteiger partial charge in [0.05, 0.1) is 55.6 Å². The Morgan fingerprint density at radius 1 is 0.528 bits per heavy atom. The largest absolute Gasteiger partial charge is 0.497 e. The van der Waals surface area contributed by atoms with Gasteiger partial charge in [-0.2, -0.15) is 0 Å². The van der Waals surface area contributed by atoms with E-state index in [1.165, 1.54) is 6.26 Å². The van der Waals surface area contributed by atoms with Gasteiger partial charge in [-0.1, -0.05) is 0 Å². The van der Waals surface area contributed by atoms with E-state index in [-0.39, 0.29) is 58.3 Å². The van der Waals surface area contributed by atoms with E-state index in [1.54, 1.807) is 88.2 Å². The average molecular weight is 985 g/mol. The number of fused-ring (bicyclic) bond motifs is 3. The van der Waals surface area contributed by atoms with Crippen molar-refractivity contribution in [2.45, 2.75) is 83.5 Å². The summed E-state index contributed by atoms with van der Waals surface area (Å²) in [5.74, 6) is 1.83. The molecule has 4 aliphatic rings. The Morgan fingerprint density at radius 3 is 1.38 bits per heavy atom. The summed E-state index contributed by atoms with van der Waals surface area (Å²) < 4.78 is 25.4. The summed E-state index contributed by atoms with van der Waals surface area (Å²) in [7, 11) is 4.80. The fourth-order valence-electron chi connectivity index (χ4n) is 8.11. The van der Waals surface area contributed by atoms with Crippen molar-refractivity contribution in [1.82, 2.24) is 4.98 Å². The molecule has 6 N–H and O–H groups in total. The third-order valence-corrected chi connectivity index (χ3v) is 11.8. The fourth-order valence-corrected chi connectivity index (χ4v) is 8.11. The van der Waals surface area contributed by atoms with Crippen molar-refractivity contribution in [3.63, 3.8) is 0 Å². The molecule has 0 spiro atoms. The molecule has 0 unspecified atom stereocenters. The number of hydrogen-bond acceptors (Lipinski definition) is 14. The van der Waals surface area contributed by atoms with Crippen LogP contribution in [0.4, 0.5) is 17.1 Å². The quantitative estimate of drug-likeness (QED) is 0.0702. The number of carbonyl (C=O) groups is 8. The van der Waals surface area contributed by atoms with Crippen molar-refractivity contribution in [3.8, 4) is 17.2 Å². The summed E-state index contributed by atoms with van der Waals surface area (Å²) in [5.41, 5.74) is 10.4. The van der Waals surface area contributed by atoms with Crippen LogP contribution in [-0.4, -0.2) is 78.1 Å². The van der Waals surface area contributed by atoms with Crippen LogP contribution in [0, 0.1) is 0 Å². The Bertz CT molecular complexity index is 2770. The maximum Gasteiger partial charge on any atom is 0.339 e. The number of methoxy groups -OCH3 is 3. The summed E-state index contributed by atoms with van der Waals surface area (Å²) in [6, 6.07) is 21.3. The number of benzene rings is 3. The third-order valence-electron chi connectivity index (χ3n) is 11.8. The molecular formula is C54H56N4O14. The molecule has 1 saturated carbocycles. The van der Waals surface area contributed by atoms with E-state index in [0.717, 1.165) is 61.2 Å². The minimum Gasteiger partial charge on any atom is -0.497 e. The molecule has 0 radical (unpaired) electrons. The minimum atomic E-state index is -1.10. The van der Waals surface area contributed by atoms with Crippen molar-refractivity contribution in [3.05, 3.63) is 142 Å². The van der Waals surface area contributed by atoms with Crippen LogP contribution in [0.2, 0.25) is 0 Å². The third kappa shape index (κ3) is 14.0. The fraction of sp³-hybridized carbons (Fsp3) is 0.296. The predicted octanol–water partition coefficient (Wildman–Crippen LogP) is 9.33. The van der Waals surface area contributed by atoms with Crippen molar-refractivity contribution in [2.24, 2.45) is 0 Å². The molecule has 0 atom stereocenters. The number of nitrogens with two attached hydrogens (primary N) is 1. The molecule has 0 bridgehead atoms. The lowest BCUT2D eigenvalue weighted by atomic mass is 9.93. The molecule has 3 aromatic carbocycles. The molecule has 376 valence electrons. The van der Waals surface area contributed by atoms with Crippen LogP contribution in [-0.2, 0) is 28.9 Å². The van der Waals surface area contributed by atoms with E-state index in [9.17, 15) is 38.4 Å². The first-order valence-corrected chi connectivity index (χ1v) is 23.3. The smallest absolute Gasteiger partial charge is 0.339 e. The van der Waals surface area contributed by atoms with Gasteiger partial charge in [-0.25, -0.2) is 4.79 Å². The highest BCUT2D eigenvalue weighted by Crippen LogP contribution is 2.29. The highest BCUT2D eigenvalue weighted by atomic mass is 16.5. The lowest BCUT2D eigenvalue weighted by Gasteiger charge is -2.12. The number of carboxylic acid groups (broad SMARTS) is 1. The molecule has 0 aliphatic heterocycles. The summed E-state index contributed by atoms with van der Waals surface area (Å²) in [4.78, 5) is 94.5. The second-order valence-corrected chi connectivity index (χ2v) is 16.8. The molecule has 4 aliphatic carbocycles. The van der Waals surface area contributed by atoms with Gasteiger partial charge in [0.1, 0.15) is 58.4 Å². The lowest BCUT2D eigenvalue weighted by molar-refractivity contribution is -0.129. The van der Waals surface area contributed by atoms with Crippen molar-refractivity contribution < 1.29 is 66.5 Å². The van der Waals surface area contributed by atoms with Crippen molar-refractivity contribution in [1.29, 1.82) is 0 Å². The molecule has 72 heavy (non-hydrogen) atoms. The van der Waals surface area contributed by atoms with Gasteiger partial charge in [-0.15, -0.1) is 0 Å². The van der Waals surface area contributed by atoms with E-state index in [4.69, 9.17) is 33.9 Å². The molecule has 3 aromatic heterocycles. The Kier molecular flexibility index (Phi) is 18.6. The number of amides is 2. The van der Waals surface area contributed by atoms with Crippen molar-refractivity contribution in [2.75, 3.05) is 37.7 Å². The molecule has 6 aromatic rings. The first-order valence-electron chi connectivity index (χ1n) is 23.3. The average Bonchev–Trinajstić information content (AvgIpc) is 4.15. The van der Waals surface area contributed by atoms with Gasteiger partial charge < -0.3 is 49.5 Å². The molecule has 1 fully saturated rings. The number of anilines is 3. The predicted molar refractivity (Wildman–Crippen MR) is 265 cm³/mol. The standard InChI is InChI=1S/C16H16N2O3.C16H15NO4.C9H8O4.C7H9NO.C6H8O2/c1-21-11-7-5-10(6-8-11)18-16(20)12-9-17-13-3-2-4-14(19)15(12)13;1-20-11-7-5-10(6-8-11)17-16(19)12-9-21-14-4-2-3-13(18)15(12)14;10-6-2-1-3-7-8(6)5(4-13-7)9(11)12;1-9-7-4-2-6(8)3-5-7;7-5-2-1-3-6(8)4-5/h5-9,17H,2-4H2,1H3,(H,18,20);5-9H,2-4H2,1H3,(H,17,19);4H,1-3H2,(H,11,12);2-5H,8H2,1H3;1-4H2. The Balaban J connectivity index is 0.000000155. The van der Waals surface area contributed by atoms with Gasteiger partial charge in [0.15, 0.2) is 17.3 Å². The van der Waals surface area contributed by atoms with Crippen LogP contribution in [0.5, 0.6) is 17.2 Å². The zero-order chi connectivity index (χ0) is 51.7. The van der Waals surface area contributed by atoms with Crippen LogP contribution < -0.4 is 30.6 Å². The Labute approximate surface area is 414 Å². The van der Waals surface area contributed by atoms with E-state index in [1.807, 2.05) is 12.1 Å². The number of carbonyl (C=O) groups excluding carboxylic acids is 7. The first-order chi connectivity index (χ1) is 34.7. The molecule has 18 heteroatoms. The summed E-state index contributed by atoms with van der Waals surface area (Å²) in [5, 5.41) is 14.3. The Hall–Kier alpha value is -8.54. The first kappa shape index (κ1) is 52.8. The van der Waals surface area contributed by atoms with Crippen LogP contribution in [0.3, 0.4) is 0 Å². The van der Waals surface area contributed by atoms with Crippen LogP contribution in [0.25, 0.3) is 0 Å². The number of rotatable bonds is 8. The van der Waals surface area contributed by atoms with Gasteiger partial charge in [0.2, 0.25) is 0 Å². The number of carboxylic acids is 1. The van der Waals surface area contributed by atoms with E-state index < -0.39 is 5.97 Å². The highest BCUT2D eigenvalue weighted by Gasteiger charge is 2.29. The van der Waals surface area contributed by atoms with Gasteiger partial charge in [0.25, 0.3) is 11.8 Å². The van der Waals surface area contributed by atoms with Gasteiger partial charge in [-0.05, 0) is 105 Å². The monoisotopic (exact) mass is 984 g/mol. The van der Waals surface area contributed by atoms with E-state index >= 15 is 0 Å². The normalized spacial score (nSPS) is 14.3. The second kappa shape index (κ2) is 25.4. The number of aromatic nitrogens is 1. The maximum atomic E-state index is 12.3. The summed E-state index contributed by atoms with van der Waals surface area (Å²) >= 11 is 0. The number of nitrogens with one attached hydrogen (secondary N) is 3. The van der Waals surface area contributed by atoms with Gasteiger partial charge in [-0.3, -0.25) is 33.6 Å². The van der Waals surface area contributed by atoms with E-state index in [0.29, 0.717) is 95.8 Å². The zero-order valence-electron chi connectivity index (χ0n) is 40.2. The van der Waals surface area contributed by atoms with Crippen LogP contribution >= 0.6 is 0 Å². The van der Waals surface area contributed by atoms with Crippen LogP contribution in [0.15, 0.2) is 100 Å². The van der Waals surface area contributed by atoms with E-state index in [2.05, 4.69) is 15.6 Å². The molecule has 18 nitrogen and oxygen atoms in total. The van der Waals surface area contributed by atoms with Crippen molar-refractivity contribution >= 4 is 63.8 Å². The number of ether oxygens (including phenoxy) is 3. The zero-order valence-corrected chi connectivity index (χ0v) is 40.2. The number of aromatic amines is 1. The number of ketones is 5. The molecule has 2 amide bonds. The van der Waals surface area contributed by atoms with Gasteiger partial charge in [0, 0.05) is 73.9 Å². The second-order valence-electron chi connectivity index (χ2n) is 16.8. The molecule has 10 rings (SSSR count). The maximum absolute atomic E-state index is 12.3. The summed E-state index contributed by atoms with van der Waals surface area (Å²) in [6.45, 7) is 0. The number of nitrogen functional groups attached to an aromatic ring is 1. The SMILES string of the molecule is COc1ccc(N)cc1.COc1ccc(NC(=O)c2c[nH]c3c2C(=O)CCC3)cc1.COc1ccc(NC(=O)c2coc3c2C(=O)CCC3)cc1.O=C(O)c1coc2c1C(=O)CCC2.O=C1CCCC(=O)C1. The molecular weight excluding hydrogens is 929 g/mol. The number of H-pyrrole nitrogens is 1. The summed E-state index contributed by atoms with van der Waals surface area (Å²) in [6.07, 6.45) is 12.3. The topological polar surface area (TPSA) is 277 Å². The number of hydrogen-bond donors (Lipinski definition) is 5. The highest BCUT2D eigenvalue weighted by molar-refractivity contribution is 6.14.